The minimum atomic E-state index is -1.17. The lowest BCUT2D eigenvalue weighted by Gasteiger charge is -1.71. The van der Waals surface area contributed by atoms with Crippen LogP contribution in [0.4, 0.5) is 0 Å². The van der Waals surface area contributed by atoms with Crippen LogP contribution in [0.2, 0.25) is 6.82 Å². The van der Waals surface area contributed by atoms with Crippen molar-refractivity contribution in [3.05, 3.63) is 22.8 Å². The SMILES string of the molecule is C.C.C.C.C.C.C.C.CB(O)O.CC.CC.CC.CC.CC.CC.CC.CC.CC.CC.CC.CC.CC.CC.CCC.CCC.[C-]#[N+]C.[C-]#[N+]C. The molecule has 0 fully saturated rings. The van der Waals surface area contributed by atoms with E-state index in [1.165, 1.54) is 33.8 Å². The largest absolute Gasteiger partial charge is 0.448 e. The van der Waals surface area contributed by atoms with Crippen LogP contribution < -0.4 is 0 Å². The van der Waals surface area contributed by atoms with Crippen LogP contribution in [0.15, 0.2) is 0 Å². The fourth-order valence-corrected chi connectivity index (χ4v) is 0. The summed E-state index contributed by atoms with van der Waals surface area (Å²) in [5.74, 6) is 0. The van der Waals surface area contributed by atoms with Crippen LogP contribution in [0.25, 0.3) is 9.69 Å². The highest BCUT2D eigenvalue weighted by atomic mass is 16.4. The number of hydrogen-bond acceptors (Lipinski definition) is 2. The first-order chi connectivity index (χ1) is 21.4. The second-order valence-corrected chi connectivity index (χ2v) is 2.49. The van der Waals surface area contributed by atoms with Crippen LogP contribution in [0.1, 0.15) is 294 Å². The van der Waals surface area contributed by atoms with Crippen LogP contribution in [-0.2, 0) is 0 Å². The van der Waals surface area contributed by atoms with Gasteiger partial charge in [-0.2, -0.15) is 0 Å². The van der Waals surface area contributed by atoms with Gasteiger partial charge in [0.25, 0.3) is 0 Å². The van der Waals surface area contributed by atoms with E-state index in [0.29, 0.717) is 0 Å². The van der Waals surface area contributed by atoms with Gasteiger partial charge in [0, 0.05) is 0 Å². The third kappa shape index (κ3) is 105000. The van der Waals surface area contributed by atoms with E-state index in [2.05, 4.69) is 37.4 Å². The maximum absolute atomic E-state index is 7.61. The van der Waals surface area contributed by atoms with Crippen LogP contribution in [0, 0.1) is 13.1 Å². The van der Waals surface area contributed by atoms with E-state index in [0.717, 1.165) is 0 Å². The maximum atomic E-state index is 7.61. The quantitative estimate of drug-likeness (QED) is 0.190. The lowest BCUT2D eigenvalue weighted by Crippen LogP contribution is -2.00. The topological polar surface area (TPSA) is 49.2 Å². The molecule has 0 saturated carbocycles. The Morgan fingerprint density at radius 3 is 0.308 bits per heavy atom. The van der Waals surface area contributed by atoms with Gasteiger partial charge in [-0.15, -0.1) is 0 Å². The van der Waals surface area contributed by atoms with Gasteiger partial charge in [-0.05, 0) is 6.82 Å². The number of hydrogen-bond donors (Lipinski definition) is 2. The Balaban J connectivity index is -0.00000000506. The predicted octanol–water partition coefficient (Wildman–Crippen LogP) is 22.4. The molecule has 0 amide bonds. The lowest BCUT2D eigenvalue weighted by molar-refractivity contribution is 0.417. The molecule has 4 nitrogen and oxygen atoms in total. The van der Waals surface area contributed by atoms with Crippen molar-refractivity contribution < 1.29 is 10.0 Å². The Bertz CT molecular complexity index is 133. The van der Waals surface area contributed by atoms with Gasteiger partial charge < -0.3 is 19.7 Å². The summed E-state index contributed by atoms with van der Waals surface area (Å²) in [5, 5.41) is 15.2. The average molecular weight is 779 g/mol. The third-order valence-corrected chi connectivity index (χ3v) is 0. The minimum Gasteiger partial charge on any atom is -0.427 e. The molecule has 0 aromatic heterocycles. The molecule has 0 aliphatic carbocycles. The molecular formula is C47H143BN2O2. The molecule has 0 aromatic rings. The Kier molecular flexibility index (Phi) is 14300. The molecule has 0 aliphatic heterocycles. The molecule has 0 saturated heterocycles. The first kappa shape index (κ1) is 222. The summed E-state index contributed by atoms with van der Waals surface area (Å²) in [6.07, 6.45) is 2.50. The van der Waals surface area contributed by atoms with Gasteiger partial charge in [-0.1, -0.05) is 294 Å². The highest BCUT2D eigenvalue weighted by Crippen LogP contribution is 1.56. The van der Waals surface area contributed by atoms with E-state index in [9.17, 15) is 0 Å². The van der Waals surface area contributed by atoms with E-state index in [4.69, 9.17) is 23.2 Å². The molecule has 2 N–H and O–H groups in total. The van der Waals surface area contributed by atoms with Gasteiger partial charge in [-0.25, -0.2) is 13.1 Å². The highest BCUT2D eigenvalue weighted by Gasteiger charge is 1.86. The van der Waals surface area contributed by atoms with E-state index in [1.54, 1.807) is 0 Å². The van der Waals surface area contributed by atoms with Gasteiger partial charge in [0.15, 0.2) is 0 Å². The number of rotatable bonds is 0. The average Bonchev–Trinajstić information content (AvgIpc) is 3.14. The molecule has 0 radical (unpaired) electrons. The molecule has 0 aromatic carbocycles. The van der Waals surface area contributed by atoms with Gasteiger partial charge in [0.2, 0.25) is 14.1 Å². The summed E-state index contributed by atoms with van der Waals surface area (Å²) in [4.78, 5) is 5.50. The van der Waals surface area contributed by atoms with Gasteiger partial charge in [0.1, 0.15) is 0 Å². The fourth-order valence-electron chi connectivity index (χ4n) is 0. The highest BCUT2D eigenvalue weighted by molar-refractivity contribution is 6.38. The van der Waals surface area contributed by atoms with Crippen LogP contribution in [0.3, 0.4) is 0 Å². The van der Waals surface area contributed by atoms with Gasteiger partial charge >= 0.3 is 7.12 Å². The molecule has 0 bridgehead atoms. The normalized spacial score (nSPS) is 3.13. The first-order valence-corrected chi connectivity index (χ1v) is 19.3. The molecule has 52 heavy (non-hydrogen) atoms. The summed E-state index contributed by atoms with van der Waals surface area (Å²) in [7, 11) is 1.67. The Labute approximate surface area is 353 Å². The molecule has 0 atom stereocenters. The first-order valence-electron chi connectivity index (χ1n) is 19.3. The predicted molar refractivity (Wildman–Crippen MR) is 286 cm³/mol. The minimum absolute atomic E-state index is 0. The third-order valence-electron chi connectivity index (χ3n) is 0. The summed E-state index contributed by atoms with van der Waals surface area (Å²) in [6.45, 7) is 77.4. The van der Waals surface area contributed by atoms with Crippen molar-refractivity contribution in [1.82, 2.24) is 0 Å². The van der Waals surface area contributed by atoms with E-state index < -0.39 is 7.12 Å². The zero-order valence-electron chi connectivity index (χ0n) is 39.8. The summed E-state index contributed by atoms with van der Waals surface area (Å²) < 4.78 is 0. The molecule has 0 heterocycles. The van der Waals surface area contributed by atoms with Crippen molar-refractivity contribution in [2.45, 2.75) is 301 Å². The van der Waals surface area contributed by atoms with Crippen LogP contribution in [-0.4, -0.2) is 31.3 Å². The van der Waals surface area contributed by atoms with Crippen molar-refractivity contribution in [2.24, 2.45) is 0 Å². The molecule has 0 unspecified atom stereocenters. The van der Waals surface area contributed by atoms with Crippen molar-refractivity contribution in [3.63, 3.8) is 0 Å². The summed E-state index contributed by atoms with van der Waals surface area (Å²) in [5.41, 5.74) is 0. The van der Waals surface area contributed by atoms with Gasteiger partial charge in [-0.3, -0.25) is 0 Å². The van der Waals surface area contributed by atoms with Crippen molar-refractivity contribution >= 4 is 7.12 Å². The van der Waals surface area contributed by atoms with Crippen molar-refractivity contribution in [2.75, 3.05) is 14.1 Å². The van der Waals surface area contributed by atoms with Crippen LogP contribution >= 0.6 is 0 Å². The molecule has 0 aliphatic rings. The zero-order valence-corrected chi connectivity index (χ0v) is 39.8. The molecule has 0 spiro atoms. The Hall–Kier alpha value is -1.04. The summed E-state index contributed by atoms with van der Waals surface area (Å²) in [6, 6.07) is 0. The van der Waals surface area contributed by atoms with E-state index in [-0.39, 0.29) is 59.4 Å². The fraction of sp³-hybridized carbons (Fsp3) is 0.957. The Morgan fingerprint density at radius 1 is 0.308 bits per heavy atom. The van der Waals surface area contributed by atoms with Crippen molar-refractivity contribution in [1.29, 1.82) is 0 Å². The number of nitrogens with zero attached hydrogens (tertiary/aromatic N) is 2. The van der Waals surface area contributed by atoms with Crippen molar-refractivity contribution in [3.8, 4) is 0 Å². The van der Waals surface area contributed by atoms with Gasteiger partial charge in [0.05, 0.1) is 0 Å². The van der Waals surface area contributed by atoms with E-state index >= 15 is 0 Å². The lowest BCUT2D eigenvalue weighted by atomic mass is 9.99. The zero-order chi connectivity index (χ0) is 42.4. The van der Waals surface area contributed by atoms with E-state index in [1.807, 2.05) is 194 Å². The standard InChI is InChI=1S/2C3H8.2C2H3N.14C2H6.CH5BO2.8CH4/c4*1-3-2;14*1-2;1-2(3)4;;;;;;;;/h2*3H2,1-2H3;2*1H3;14*1-2H3;3-4H,1H3;8*1H4. The monoisotopic (exact) mass is 779 g/mol. The smallest absolute Gasteiger partial charge is 0.427 e. The molecule has 356 valence electrons. The maximum Gasteiger partial charge on any atom is 0.448 e. The Morgan fingerprint density at radius 2 is 0.308 bits per heavy atom. The molecule has 5 heteroatoms. The molecular weight excluding hydrogens is 635 g/mol. The second kappa shape index (κ2) is 3370. The molecule has 0 rings (SSSR count). The summed E-state index contributed by atoms with van der Waals surface area (Å²) >= 11 is 0. The second-order valence-electron chi connectivity index (χ2n) is 2.49. The van der Waals surface area contributed by atoms with Crippen LogP contribution in [0.5, 0.6) is 0 Å².